The number of benzene rings is 2. The lowest BCUT2D eigenvalue weighted by Crippen LogP contribution is -2.01. The van der Waals surface area contributed by atoms with Crippen LogP contribution in [0.4, 0.5) is 0 Å². The van der Waals surface area contributed by atoms with E-state index >= 15 is 0 Å². The molecule has 27 heavy (non-hydrogen) atoms. The zero-order chi connectivity index (χ0) is 19.5. The maximum absolute atomic E-state index is 12.8. The highest BCUT2D eigenvalue weighted by Gasteiger charge is 2.17. The Balaban J connectivity index is 2.00. The minimum absolute atomic E-state index is 0.329. The molecule has 0 spiro atoms. The molecule has 0 amide bonds. The van der Waals surface area contributed by atoms with Gasteiger partial charge in [0.2, 0.25) is 9.84 Å². The van der Waals surface area contributed by atoms with Crippen molar-refractivity contribution in [3.8, 4) is 0 Å². The minimum atomic E-state index is -3.48. The van der Waals surface area contributed by atoms with Gasteiger partial charge in [0, 0.05) is 32.8 Å². The van der Waals surface area contributed by atoms with Crippen molar-refractivity contribution in [2.75, 3.05) is 23.0 Å². The van der Waals surface area contributed by atoms with Crippen LogP contribution in [-0.4, -0.2) is 31.4 Å². The first-order valence-corrected chi connectivity index (χ1v) is 13.8. The number of hydrogen-bond acceptors (Lipinski definition) is 6. The molecule has 7 heteroatoms. The highest BCUT2D eigenvalue weighted by Crippen LogP contribution is 2.27. The number of thioether (sulfide) groups is 4. The summed E-state index contributed by atoms with van der Waals surface area (Å²) in [4.78, 5) is 2.80. The van der Waals surface area contributed by atoms with Crippen LogP contribution in [0.25, 0.3) is 0 Å². The monoisotopic (exact) mass is 454 g/mol. The van der Waals surface area contributed by atoms with Gasteiger partial charge in [0.05, 0.1) is 9.79 Å². The van der Waals surface area contributed by atoms with Gasteiger partial charge in [-0.05, 0) is 59.3 Å². The van der Waals surface area contributed by atoms with Crippen molar-refractivity contribution in [1.29, 1.82) is 0 Å². The van der Waals surface area contributed by atoms with E-state index in [1.54, 1.807) is 71.3 Å². The molecule has 0 atom stereocenters. The molecule has 0 bridgehead atoms. The summed E-state index contributed by atoms with van der Waals surface area (Å²) in [6, 6.07) is 14.2. The highest BCUT2D eigenvalue weighted by atomic mass is 32.2. The zero-order valence-corrected chi connectivity index (χ0v) is 19.0. The van der Waals surface area contributed by atoms with E-state index in [1.807, 2.05) is 35.1 Å². The molecular formula is C20H22O2S5. The van der Waals surface area contributed by atoms with Crippen LogP contribution in [0, 0.1) is 0 Å². The van der Waals surface area contributed by atoms with Gasteiger partial charge >= 0.3 is 0 Å². The topological polar surface area (TPSA) is 34.1 Å². The van der Waals surface area contributed by atoms with Crippen molar-refractivity contribution in [2.45, 2.75) is 19.6 Å². The molecule has 0 aromatic heterocycles. The summed E-state index contributed by atoms with van der Waals surface area (Å²) in [5.41, 5.74) is 0. The second-order valence-electron chi connectivity index (χ2n) is 5.22. The SMILES string of the molecule is C=CSCCSc1ccc(S(=O)(=O)c2ccc(SCCSC=C)cc2)cc1. The Hall–Kier alpha value is -0.730. The maximum Gasteiger partial charge on any atom is 0.206 e. The van der Waals surface area contributed by atoms with E-state index in [-0.39, 0.29) is 0 Å². The van der Waals surface area contributed by atoms with E-state index in [2.05, 4.69) is 13.2 Å². The lowest BCUT2D eigenvalue weighted by Gasteiger charge is -2.07. The van der Waals surface area contributed by atoms with E-state index in [4.69, 9.17) is 0 Å². The maximum atomic E-state index is 12.8. The van der Waals surface area contributed by atoms with Gasteiger partial charge in [0.1, 0.15) is 0 Å². The van der Waals surface area contributed by atoms with Crippen LogP contribution in [0.15, 0.2) is 92.1 Å². The molecule has 0 unspecified atom stereocenters. The molecule has 0 heterocycles. The van der Waals surface area contributed by atoms with Crippen molar-refractivity contribution in [2.24, 2.45) is 0 Å². The lowest BCUT2D eigenvalue weighted by molar-refractivity contribution is 0.596. The number of hydrogen-bond donors (Lipinski definition) is 0. The van der Waals surface area contributed by atoms with E-state index in [0.717, 1.165) is 32.8 Å². The summed E-state index contributed by atoms with van der Waals surface area (Å²) in [5.74, 6) is 3.91. The predicted octanol–water partition coefficient (Wildman–Crippen LogP) is 6.46. The van der Waals surface area contributed by atoms with Crippen LogP contribution in [0.2, 0.25) is 0 Å². The summed E-state index contributed by atoms with van der Waals surface area (Å²) < 4.78 is 25.6. The van der Waals surface area contributed by atoms with E-state index in [0.29, 0.717) is 9.79 Å². The normalized spacial score (nSPS) is 11.3. The largest absolute Gasteiger partial charge is 0.219 e. The molecule has 2 aromatic carbocycles. The smallest absolute Gasteiger partial charge is 0.206 e. The fourth-order valence-electron chi connectivity index (χ4n) is 2.15. The Labute approximate surface area is 179 Å². The van der Waals surface area contributed by atoms with Gasteiger partial charge in [-0.3, -0.25) is 0 Å². The standard InChI is InChI=1S/C20H22O2S5/c1-3-23-13-15-25-17-5-9-19(10-6-17)27(21,22)20-11-7-18(8-12-20)26-16-14-24-4-2/h3-12H,1-2,13-16H2. The Morgan fingerprint density at radius 1 is 0.667 bits per heavy atom. The summed E-state index contributed by atoms with van der Waals surface area (Å²) >= 11 is 6.79. The fraction of sp³-hybridized carbons (Fsp3) is 0.200. The third kappa shape index (κ3) is 7.31. The van der Waals surface area contributed by atoms with Crippen LogP contribution in [-0.2, 0) is 9.84 Å². The molecule has 0 saturated heterocycles. The van der Waals surface area contributed by atoms with Crippen LogP contribution in [0.5, 0.6) is 0 Å². The Bertz CT molecular complexity index is 762. The predicted molar refractivity (Wildman–Crippen MR) is 125 cm³/mol. The lowest BCUT2D eigenvalue weighted by atomic mass is 10.4. The molecule has 144 valence electrons. The van der Waals surface area contributed by atoms with Gasteiger partial charge in [-0.25, -0.2) is 8.42 Å². The molecular weight excluding hydrogens is 433 g/mol. The van der Waals surface area contributed by atoms with Crippen molar-refractivity contribution in [3.63, 3.8) is 0 Å². The van der Waals surface area contributed by atoms with Crippen molar-refractivity contribution < 1.29 is 8.42 Å². The molecule has 0 saturated carbocycles. The van der Waals surface area contributed by atoms with Gasteiger partial charge in [-0.15, -0.1) is 47.0 Å². The first kappa shape index (κ1) is 22.6. The first-order valence-electron chi connectivity index (χ1n) is 8.24. The molecule has 0 fully saturated rings. The fourth-order valence-corrected chi connectivity index (χ4v) is 6.31. The average molecular weight is 455 g/mol. The summed E-state index contributed by atoms with van der Waals surface area (Å²) in [6.45, 7) is 7.36. The first-order chi connectivity index (χ1) is 13.1. The molecule has 0 aliphatic heterocycles. The van der Waals surface area contributed by atoms with Crippen molar-refractivity contribution in [1.82, 2.24) is 0 Å². The number of sulfone groups is 1. The van der Waals surface area contributed by atoms with Crippen molar-refractivity contribution >= 4 is 56.9 Å². The molecule has 2 rings (SSSR count). The molecule has 2 aromatic rings. The Kier molecular flexibility index (Phi) is 10.00. The van der Waals surface area contributed by atoms with E-state index in [9.17, 15) is 8.42 Å². The molecule has 2 nitrogen and oxygen atoms in total. The van der Waals surface area contributed by atoms with Crippen LogP contribution in [0.1, 0.15) is 0 Å². The molecule has 0 aliphatic rings. The second-order valence-corrected chi connectivity index (χ2v) is 11.7. The Morgan fingerprint density at radius 2 is 1.04 bits per heavy atom. The summed E-state index contributed by atoms with van der Waals surface area (Å²) in [7, 11) is -3.48. The summed E-state index contributed by atoms with van der Waals surface area (Å²) in [6.07, 6.45) is 0. The van der Waals surface area contributed by atoms with Gasteiger partial charge in [-0.2, -0.15) is 0 Å². The van der Waals surface area contributed by atoms with Gasteiger partial charge in [-0.1, -0.05) is 13.2 Å². The second kappa shape index (κ2) is 12.0. The third-order valence-electron chi connectivity index (χ3n) is 3.44. The van der Waals surface area contributed by atoms with Gasteiger partial charge in [0.15, 0.2) is 0 Å². The van der Waals surface area contributed by atoms with Crippen LogP contribution < -0.4 is 0 Å². The van der Waals surface area contributed by atoms with E-state index in [1.165, 1.54) is 0 Å². The Morgan fingerprint density at radius 3 is 1.37 bits per heavy atom. The zero-order valence-electron chi connectivity index (χ0n) is 14.9. The molecule has 0 N–H and O–H groups in total. The summed E-state index contributed by atoms with van der Waals surface area (Å²) in [5, 5.41) is 3.67. The minimum Gasteiger partial charge on any atom is -0.219 e. The number of rotatable bonds is 12. The van der Waals surface area contributed by atoms with Gasteiger partial charge < -0.3 is 0 Å². The van der Waals surface area contributed by atoms with Crippen molar-refractivity contribution in [3.05, 3.63) is 72.5 Å². The van der Waals surface area contributed by atoms with Crippen LogP contribution in [0.3, 0.4) is 0 Å². The van der Waals surface area contributed by atoms with Crippen LogP contribution >= 0.6 is 47.0 Å². The van der Waals surface area contributed by atoms with Gasteiger partial charge in [0.25, 0.3) is 0 Å². The highest BCUT2D eigenvalue weighted by molar-refractivity contribution is 8.05. The van der Waals surface area contributed by atoms with E-state index < -0.39 is 9.84 Å². The quantitative estimate of drug-likeness (QED) is 0.270. The molecule has 0 radical (unpaired) electrons. The average Bonchev–Trinajstić information content (AvgIpc) is 2.69. The third-order valence-corrected chi connectivity index (χ3v) is 9.12. The molecule has 0 aliphatic carbocycles.